The van der Waals surface area contributed by atoms with E-state index in [-0.39, 0.29) is 10.5 Å². The first-order valence-electron chi connectivity index (χ1n) is 5.53. The Bertz CT molecular complexity index is 440. The van der Waals surface area contributed by atoms with E-state index < -0.39 is 0 Å². The summed E-state index contributed by atoms with van der Waals surface area (Å²) in [5, 5.41) is 8.02. The van der Waals surface area contributed by atoms with Crippen LogP contribution >= 0.6 is 21.8 Å². The summed E-state index contributed by atoms with van der Waals surface area (Å²) < 4.78 is 1.11. The molecule has 1 unspecified atom stereocenters. The summed E-state index contributed by atoms with van der Waals surface area (Å²) in [5.74, 6) is 4.63. The number of hydrogen-bond donors (Lipinski definition) is 1. The van der Waals surface area contributed by atoms with Gasteiger partial charge in [0, 0.05) is 31.2 Å². The molecule has 1 aliphatic heterocycles. The van der Waals surface area contributed by atoms with Crippen LogP contribution in [0.2, 0.25) is 0 Å². The normalized spacial score (nSPS) is 18.6. The van der Waals surface area contributed by atoms with Crippen LogP contribution in [0.25, 0.3) is 0 Å². The molecule has 1 N–H and O–H groups in total. The van der Waals surface area contributed by atoms with Crippen LogP contribution < -0.4 is 0 Å². The summed E-state index contributed by atoms with van der Waals surface area (Å²) in [5.41, 5.74) is 0. The molecule has 2 heterocycles. The van der Waals surface area contributed by atoms with E-state index in [9.17, 15) is 0 Å². The zero-order chi connectivity index (χ0) is 12.4. The molecule has 1 saturated heterocycles. The Balaban J connectivity index is 2.04. The average molecular weight is 270 g/mol. The first-order valence-corrected chi connectivity index (χ1v) is 8.15. The van der Waals surface area contributed by atoms with E-state index >= 15 is 0 Å². The van der Waals surface area contributed by atoms with Crippen LogP contribution in [0.1, 0.15) is 11.3 Å². The third kappa shape index (κ3) is 2.87. The summed E-state index contributed by atoms with van der Waals surface area (Å²) in [4.78, 5) is 9.71. The minimum Gasteiger partial charge on any atom is -0.346 e. The largest absolute Gasteiger partial charge is 0.346 e. The number of guanidine groups is 1. The fourth-order valence-corrected chi connectivity index (χ4v) is 3.60. The van der Waals surface area contributed by atoms with Crippen molar-refractivity contribution in [1.82, 2.24) is 14.8 Å². The maximum Gasteiger partial charge on any atom is 0.193 e. The van der Waals surface area contributed by atoms with Crippen molar-refractivity contribution in [2.45, 2.75) is 17.3 Å². The highest BCUT2D eigenvalue weighted by atomic mass is 32.2. The van der Waals surface area contributed by atoms with E-state index in [1.165, 1.54) is 4.88 Å². The van der Waals surface area contributed by atoms with Crippen molar-refractivity contribution < 1.29 is 0 Å². The molecule has 2 rings (SSSR count). The molecular formula is C11H18N4S2. The lowest BCUT2D eigenvalue weighted by Gasteiger charge is -2.35. The van der Waals surface area contributed by atoms with E-state index in [0.29, 0.717) is 5.96 Å². The Morgan fingerprint density at radius 3 is 3.00 bits per heavy atom. The van der Waals surface area contributed by atoms with Crippen LogP contribution in [0.5, 0.6) is 0 Å². The minimum atomic E-state index is -0.00561. The van der Waals surface area contributed by atoms with Gasteiger partial charge in [0.2, 0.25) is 0 Å². The van der Waals surface area contributed by atoms with E-state index in [1.54, 1.807) is 11.3 Å². The molecule has 0 spiro atoms. The van der Waals surface area contributed by atoms with Crippen LogP contribution in [-0.4, -0.2) is 53.0 Å². The smallest absolute Gasteiger partial charge is 0.193 e. The van der Waals surface area contributed by atoms with Gasteiger partial charge in [0.15, 0.2) is 5.96 Å². The van der Waals surface area contributed by atoms with Crippen molar-refractivity contribution in [3.63, 3.8) is 0 Å². The minimum absolute atomic E-state index is 0.00561. The van der Waals surface area contributed by atoms with Crippen LogP contribution in [0.3, 0.4) is 0 Å². The number of nitrogens with one attached hydrogen (secondary N) is 1. The third-order valence-electron chi connectivity index (χ3n) is 2.76. The first-order chi connectivity index (χ1) is 8.08. The lowest BCUT2D eigenvalue weighted by atomic mass is 10.3. The maximum atomic E-state index is 8.02. The molecule has 0 aliphatic carbocycles. The Morgan fingerprint density at radius 2 is 2.35 bits per heavy atom. The molecule has 4 nitrogen and oxygen atoms in total. The molecule has 6 heteroatoms. The summed E-state index contributed by atoms with van der Waals surface area (Å²) in [6.07, 6.45) is 5.13. The second-order valence-corrected chi connectivity index (χ2v) is 7.28. The molecule has 1 aromatic rings. The van der Waals surface area contributed by atoms with Crippen LogP contribution in [0.4, 0.5) is 0 Å². The molecular weight excluding hydrogens is 252 g/mol. The number of thiazole rings is 1. The van der Waals surface area contributed by atoms with Gasteiger partial charge in [0.25, 0.3) is 0 Å². The zero-order valence-electron chi connectivity index (χ0n) is 10.3. The van der Waals surface area contributed by atoms with E-state index in [4.69, 9.17) is 5.41 Å². The SMILES string of the molecule is C=S(C)c1ncc(CN2CCCN(C)C2=N)s1. The quantitative estimate of drug-likeness (QED) is 0.853. The van der Waals surface area contributed by atoms with Crippen LogP contribution in [0, 0.1) is 5.41 Å². The topological polar surface area (TPSA) is 43.2 Å². The molecule has 0 bridgehead atoms. The van der Waals surface area contributed by atoms with Gasteiger partial charge in [-0.15, -0.1) is 21.8 Å². The molecule has 1 atom stereocenters. The van der Waals surface area contributed by atoms with Gasteiger partial charge in [-0.2, -0.15) is 0 Å². The van der Waals surface area contributed by atoms with Gasteiger partial charge >= 0.3 is 0 Å². The number of nitrogens with zero attached hydrogens (tertiary/aromatic N) is 3. The second-order valence-electron chi connectivity index (χ2n) is 4.25. The molecule has 17 heavy (non-hydrogen) atoms. The van der Waals surface area contributed by atoms with Crippen molar-refractivity contribution in [3.05, 3.63) is 11.1 Å². The molecule has 1 fully saturated rings. The Kier molecular flexibility index (Phi) is 3.83. The first kappa shape index (κ1) is 12.6. The molecule has 0 amide bonds. The Hall–Kier alpha value is -0.880. The summed E-state index contributed by atoms with van der Waals surface area (Å²) >= 11 is 1.72. The summed E-state index contributed by atoms with van der Waals surface area (Å²) in [7, 11) is 1.97. The predicted molar refractivity (Wildman–Crippen MR) is 76.4 cm³/mol. The molecule has 0 aromatic carbocycles. The van der Waals surface area contributed by atoms with Gasteiger partial charge in [0.1, 0.15) is 4.34 Å². The summed E-state index contributed by atoms with van der Waals surface area (Å²) in [6.45, 7) is 2.76. The fraction of sp³-hybridized carbons (Fsp3) is 0.545. The van der Waals surface area contributed by atoms with Gasteiger partial charge in [0.05, 0.1) is 6.54 Å². The molecule has 1 aliphatic rings. The molecule has 1 aromatic heterocycles. The standard InChI is InChI=1S/C11H18N4S2/c1-14-5-4-6-15(10(14)12)8-9-7-13-11(16-9)17(2)3/h7,12H,2,4-6,8H2,1,3H3. The number of rotatable bonds is 3. The predicted octanol–water partition coefficient (Wildman–Crippen LogP) is 1.90. The summed E-state index contributed by atoms with van der Waals surface area (Å²) in [6, 6.07) is 0. The lowest BCUT2D eigenvalue weighted by molar-refractivity contribution is 0.276. The van der Waals surface area contributed by atoms with Crippen LogP contribution in [0.15, 0.2) is 10.5 Å². The Labute approximate surface area is 109 Å². The molecule has 0 radical (unpaired) electrons. The highest BCUT2D eigenvalue weighted by Gasteiger charge is 2.19. The zero-order valence-corrected chi connectivity index (χ0v) is 11.9. The average Bonchev–Trinajstić information content (AvgIpc) is 2.73. The van der Waals surface area contributed by atoms with E-state index in [2.05, 4.69) is 22.0 Å². The van der Waals surface area contributed by atoms with Crippen molar-refractivity contribution in [2.24, 2.45) is 0 Å². The number of hydrogen-bond acceptors (Lipinski definition) is 3. The molecule has 94 valence electrons. The Morgan fingerprint density at radius 1 is 1.59 bits per heavy atom. The monoisotopic (exact) mass is 270 g/mol. The van der Waals surface area contributed by atoms with Crippen molar-refractivity contribution in [1.29, 1.82) is 5.41 Å². The van der Waals surface area contributed by atoms with Crippen molar-refractivity contribution in [3.8, 4) is 0 Å². The number of aromatic nitrogens is 1. The maximum absolute atomic E-state index is 8.02. The van der Waals surface area contributed by atoms with Crippen molar-refractivity contribution in [2.75, 3.05) is 26.4 Å². The van der Waals surface area contributed by atoms with Crippen molar-refractivity contribution >= 4 is 33.7 Å². The lowest BCUT2D eigenvalue weighted by Crippen LogP contribution is -2.47. The molecule has 0 saturated carbocycles. The highest BCUT2D eigenvalue weighted by molar-refractivity contribution is 8.14. The van der Waals surface area contributed by atoms with Gasteiger partial charge in [-0.3, -0.25) is 5.41 Å². The van der Waals surface area contributed by atoms with Gasteiger partial charge < -0.3 is 9.80 Å². The van der Waals surface area contributed by atoms with Gasteiger partial charge in [-0.1, -0.05) is 5.87 Å². The fourth-order valence-electron chi connectivity index (χ4n) is 1.82. The van der Waals surface area contributed by atoms with Crippen LogP contribution in [-0.2, 0) is 6.54 Å². The van der Waals surface area contributed by atoms with Gasteiger partial charge in [-0.05, 0) is 12.7 Å². The third-order valence-corrected chi connectivity index (χ3v) is 5.34. The second kappa shape index (κ2) is 5.18. The van der Waals surface area contributed by atoms with E-state index in [1.807, 2.05) is 18.1 Å². The highest BCUT2D eigenvalue weighted by Crippen LogP contribution is 2.27. The van der Waals surface area contributed by atoms with E-state index in [0.717, 1.165) is 30.4 Å². The van der Waals surface area contributed by atoms with Gasteiger partial charge in [-0.25, -0.2) is 4.98 Å².